The number of H-pyrrole nitrogens is 1. The highest BCUT2D eigenvalue weighted by Crippen LogP contribution is 1.99. The van der Waals surface area contributed by atoms with Crippen molar-refractivity contribution in [3.63, 3.8) is 0 Å². The molecule has 0 unspecified atom stereocenters. The predicted molar refractivity (Wildman–Crippen MR) is 61.4 cm³/mol. The van der Waals surface area contributed by atoms with Crippen LogP contribution in [0.15, 0.2) is 12.5 Å². The van der Waals surface area contributed by atoms with E-state index in [-0.39, 0.29) is 11.8 Å². The average molecular weight is 243 g/mol. The van der Waals surface area contributed by atoms with Crippen molar-refractivity contribution >= 4 is 11.8 Å². The number of esters is 1. The first-order chi connectivity index (χ1) is 8.11. The van der Waals surface area contributed by atoms with E-state index in [0.717, 1.165) is 12.8 Å². The van der Waals surface area contributed by atoms with E-state index < -0.39 is 4.92 Å². The van der Waals surface area contributed by atoms with Gasteiger partial charge in [-0.15, -0.1) is 0 Å². The topological polar surface area (TPSA) is 98.1 Å². The Bertz CT molecular complexity index is 324. The number of rotatable bonds is 5. The summed E-state index contributed by atoms with van der Waals surface area (Å²) in [7, 11) is 0. The molecule has 0 atom stereocenters. The molecular formula is C10H17N3O4. The summed E-state index contributed by atoms with van der Waals surface area (Å²) in [6, 6.07) is 0. The second-order valence-corrected chi connectivity index (χ2v) is 3.11. The molecule has 0 bridgehead atoms. The Morgan fingerprint density at radius 1 is 1.59 bits per heavy atom. The molecule has 0 aromatic carbocycles. The summed E-state index contributed by atoms with van der Waals surface area (Å²) in [4.78, 5) is 25.5. The molecule has 1 heterocycles. The van der Waals surface area contributed by atoms with Crippen LogP contribution in [0.2, 0.25) is 0 Å². The fourth-order valence-corrected chi connectivity index (χ4v) is 0.785. The zero-order valence-corrected chi connectivity index (χ0v) is 10.0. The molecule has 0 fully saturated rings. The summed E-state index contributed by atoms with van der Waals surface area (Å²) in [5, 5.41) is 9.79. The molecule has 1 aromatic heterocycles. The van der Waals surface area contributed by atoms with Gasteiger partial charge >= 0.3 is 11.8 Å². The predicted octanol–water partition coefficient (Wildman–Crippen LogP) is 2.06. The number of nitro groups is 1. The Labute approximate surface area is 99.3 Å². The zero-order valence-electron chi connectivity index (χ0n) is 10.0. The summed E-state index contributed by atoms with van der Waals surface area (Å²) in [6.45, 7) is 4.46. The lowest BCUT2D eigenvalue weighted by Gasteiger charge is -1.99. The first-order valence-electron chi connectivity index (χ1n) is 5.40. The van der Waals surface area contributed by atoms with Crippen molar-refractivity contribution in [1.82, 2.24) is 9.97 Å². The van der Waals surface area contributed by atoms with Gasteiger partial charge in [0.2, 0.25) is 6.33 Å². The molecule has 7 heteroatoms. The molecule has 0 saturated carbocycles. The van der Waals surface area contributed by atoms with Crippen LogP contribution in [-0.4, -0.2) is 27.5 Å². The zero-order chi connectivity index (χ0) is 13.1. The Morgan fingerprint density at radius 3 is 2.65 bits per heavy atom. The second kappa shape index (κ2) is 9.32. The normalized spacial score (nSPS) is 9.06. The highest BCUT2D eigenvalue weighted by atomic mass is 16.6. The van der Waals surface area contributed by atoms with Gasteiger partial charge in [-0.3, -0.25) is 4.79 Å². The number of imidazole rings is 1. The minimum atomic E-state index is -0.559. The molecule has 0 aliphatic heterocycles. The van der Waals surface area contributed by atoms with Crippen molar-refractivity contribution in [3.05, 3.63) is 22.6 Å². The van der Waals surface area contributed by atoms with Crippen molar-refractivity contribution in [2.24, 2.45) is 0 Å². The number of hydrogen-bond acceptors (Lipinski definition) is 5. The molecule has 96 valence electrons. The molecule has 1 rings (SSSR count). The van der Waals surface area contributed by atoms with Crippen LogP contribution >= 0.6 is 0 Å². The van der Waals surface area contributed by atoms with E-state index in [4.69, 9.17) is 4.74 Å². The van der Waals surface area contributed by atoms with E-state index in [1.807, 2.05) is 0 Å². The first-order valence-corrected chi connectivity index (χ1v) is 5.40. The van der Waals surface area contributed by atoms with Gasteiger partial charge in [0.05, 0.1) is 6.61 Å². The van der Waals surface area contributed by atoms with Crippen LogP contribution in [0.5, 0.6) is 0 Å². The number of unbranched alkanes of at least 4 members (excludes halogenated alkanes) is 1. The van der Waals surface area contributed by atoms with Crippen LogP contribution in [0.3, 0.4) is 0 Å². The number of nitrogens with zero attached hydrogens (tertiary/aromatic N) is 2. The van der Waals surface area contributed by atoms with E-state index in [9.17, 15) is 14.9 Å². The Kier molecular flexibility index (Phi) is 8.26. The molecule has 0 aliphatic carbocycles. The van der Waals surface area contributed by atoms with Gasteiger partial charge in [0.1, 0.15) is 6.20 Å². The van der Waals surface area contributed by atoms with E-state index in [1.54, 1.807) is 6.92 Å². The van der Waals surface area contributed by atoms with Gasteiger partial charge in [-0.05, 0) is 16.3 Å². The smallest absolute Gasteiger partial charge is 0.381 e. The van der Waals surface area contributed by atoms with Crippen molar-refractivity contribution in [1.29, 1.82) is 0 Å². The Balaban J connectivity index is 0.000000302. The third-order valence-electron chi connectivity index (χ3n) is 1.72. The average Bonchev–Trinajstić information content (AvgIpc) is 2.83. The van der Waals surface area contributed by atoms with Crippen LogP contribution < -0.4 is 0 Å². The van der Waals surface area contributed by atoms with E-state index >= 15 is 0 Å². The highest BCUT2D eigenvalue weighted by Gasteiger charge is 2.02. The van der Waals surface area contributed by atoms with Gasteiger partial charge in [-0.2, -0.15) is 0 Å². The number of ether oxygens (including phenoxy) is 1. The van der Waals surface area contributed by atoms with Crippen LogP contribution in [0.1, 0.15) is 33.1 Å². The fourth-order valence-electron chi connectivity index (χ4n) is 0.785. The Morgan fingerprint density at radius 2 is 2.29 bits per heavy atom. The molecule has 0 aliphatic rings. The van der Waals surface area contributed by atoms with Crippen molar-refractivity contribution in [2.45, 2.75) is 33.1 Å². The number of aromatic amines is 1. The summed E-state index contributed by atoms with van der Waals surface area (Å²) < 4.78 is 4.79. The molecule has 1 aromatic rings. The number of hydrogen-bond donors (Lipinski definition) is 1. The number of nitrogens with one attached hydrogen (secondary N) is 1. The molecule has 1 N–H and O–H groups in total. The summed E-state index contributed by atoms with van der Waals surface area (Å²) in [5.74, 6) is -0.242. The highest BCUT2D eigenvalue weighted by molar-refractivity contribution is 5.68. The monoisotopic (exact) mass is 243 g/mol. The van der Waals surface area contributed by atoms with Gasteiger partial charge in [0.15, 0.2) is 0 Å². The standard InChI is InChI=1S/C7H14O2.C3H3N3O2/c1-3-5-6-9-7(8)4-2;7-6(8)3-1-4-2-5-3/h3-6H2,1-2H3;1-2H,(H,4,5). The van der Waals surface area contributed by atoms with Crippen molar-refractivity contribution < 1.29 is 14.5 Å². The lowest BCUT2D eigenvalue weighted by molar-refractivity contribution is -0.389. The van der Waals surface area contributed by atoms with E-state index in [2.05, 4.69) is 16.9 Å². The molecule has 7 nitrogen and oxygen atoms in total. The van der Waals surface area contributed by atoms with Gasteiger partial charge < -0.3 is 19.8 Å². The first kappa shape index (κ1) is 15.1. The quantitative estimate of drug-likeness (QED) is 0.369. The molecule has 0 saturated heterocycles. The maximum atomic E-state index is 10.5. The minimum Gasteiger partial charge on any atom is -0.466 e. The third-order valence-corrected chi connectivity index (χ3v) is 1.72. The minimum absolute atomic E-state index is 0.0940. The maximum Gasteiger partial charge on any atom is 0.381 e. The molecule has 0 spiro atoms. The van der Waals surface area contributed by atoms with E-state index in [0.29, 0.717) is 13.0 Å². The van der Waals surface area contributed by atoms with Crippen LogP contribution in [0.4, 0.5) is 5.82 Å². The van der Waals surface area contributed by atoms with Crippen LogP contribution in [0, 0.1) is 10.1 Å². The van der Waals surface area contributed by atoms with Crippen molar-refractivity contribution in [3.8, 4) is 0 Å². The van der Waals surface area contributed by atoms with Crippen molar-refractivity contribution in [2.75, 3.05) is 6.61 Å². The SMILES string of the molecule is CCCCOC(=O)CC.O=[N+]([O-])c1c[nH]cn1. The number of aromatic nitrogens is 2. The largest absolute Gasteiger partial charge is 0.466 e. The summed E-state index contributed by atoms with van der Waals surface area (Å²) in [6.07, 6.45) is 5.03. The Hall–Kier alpha value is -1.92. The lowest BCUT2D eigenvalue weighted by Crippen LogP contribution is -2.02. The van der Waals surface area contributed by atoms with Gasteiger partial charge in [-0.1, -0.05) is 20.3 Å². The second-order valence-electron chi connectivity index (χ2n) is 3.11. The third kappa shape index (κ3) is 7.95. The molecule has 0 amide bonds. The lowest BCUT2D eigenvalue weighted by atomic mass is 10.4. The maximum absolute atomic E-state index is 10.5. The van der Waals surface area contributed by atoms with Gasteiger partial charge in [0.25, 0.3) is 0 Å². The molecule has 17 heavy (non-hydrogen) atoms. The van der Waals surface area contributed by atoms with E-state index in [1.165, 1.54) is 12.5 Å². The summed E-state index contributed by atoms with van der Waals surface area (Å²) >= 11 is 0. The molecular weight excluding hydrogens is 226 g/mol. The number of carbonyl (C=O) groups excluding carboxylic acids is 1. The summed E-state index contributed by atoms with van der Waals surface area (Å²) in [5.41, 5.74) is 0. The van der Waals surface area contributed by atoms with Crippen LogP contribution in [0.25, 0.3) is 0 Å². The van der Waals surface area contributed by atoms with Gasteiger partial charge in [0, 0.05) is 6.42 Å². The fraction of sp³-hybridized carbons (Fsp3) is 0.600. The molecule has 0 radical (unpaired) electrons. The number of carbonyl (C=O) groups is 1. The van der Waals surface area contributed by atoms with Crippen LogP contribution in [-0.2, 0) is 9.53 Å². The van der Waals surface area contributed by atoms with Gasteiger partial charge in [-0.25, -0.2) is 0 Å².